The van der Waals surface area contributed by atoms with Gasteiger partial charge in [-0.15, -0.1) is 0 Å². The third-order valence-corrected chi connectivity index (χ3v) is 6.16. The average Bonchev–Trinajstić information content (AvgIpc) is 3.09. The first-order valence-corrected chi connectivity index (χ1v) is 11.2. The lowest BCUT2D eigenvalue weighted by Gasteiger charge is -2.33. The van der Waals surface area contributed by atoms with Gasteiger partial charge in [-0.05, 0) is 42.3 Å². The van der Waals surface area contributed by atoms with E-state index in [2.05, 4.69) is 19.9 Å². The Labute approximate surface area is 197 Å². The van der Waals surface area contributed by atoms with Crippen molar-refractivity contribution in [1.29, 1.82) is 0 Å². The second-order valence-electron chi connectivity index (χ2n) is 8.42. The van der Waals surface area contributed by atoms with Crippen LogP contribution < -0.4 is 14.4 Å². The normalized spacial score (nSPS) is 16.1. The number of aromatic nitrogens is 3. The highest BCUT2D eigenvalue weighted by Crippen LogP contribution is 2.30. The van der Waals surface area contributed by atoms with E-state index in [1.807, 2.05) is 13.0 Å². The number of pyridine rings is 3. The largest absolute Gasteiger partial charge is 0.489 e. The number of anilines is 1. The van der Waals surface area contributed by atoms with Crippen LogP contribution in [0, 0.1) is 6.92 Å². The van der Waals surface area contributed by atoms with Gasteiger partial charge in [-0.2, -0.15) is 0 Å². The van der Waals surface area contributed by atoms with E-state index in [1.54, 1.807) is 50.0 Å². The minimum atomic E-state index is -0.358. The second-order valence-corrected chi connectivity index (χ2v) is 8.42. The Bertz CT molecular complexity index is 1210. The van der Waals surface area contributed by atoms with Gasteiger partial charge in [-0.25, -0.2) is 9.97 Å². The smallest absolute Gasteiger partial charge is 0.280 e. The Morgan fingerprint density at radius 2 is 1.82 bits per heavy atom. The second kappa shape index (κ2) is 9.09. The number of nitrogens with zero attached hydrogens (tertiary/aromatic N) is 5. The molecule has 0 radical (unpaired) electrons. The molecule has 0 aromatic carbocycles. The van der Waals surface area contributed by atoms with E-state index in [4.69, 9.17) is 9.47 Å². The van der Waals surface area contributed by atoms with E-state index < -0.39 is 0 Å². The van der Waals surface area contributed by atoms with Crippen LogP contribution in [0.2, 0.25) is 0 Å². The van der Waals surface area contributed by atoms with Crippen molar-refractivity contribution in [2.75, 3.05) is 25.1 Å². The maximum absolute atomic E-state index is 13.0. The first-order valence-electron chi connectivity index (χ1n) is 11.2. The van der Waals surface area contributed by atoms with Crippen LogP contribution in [0.1, 0.15) is 44.8 Å². The van der Waals surface area contributed by atoms with Crippen molar-refractivity contribution < 1.29 is 19.1 Å². The van der Waals surface area contributed by atoms with E-state index in [0.717, 1.165) is 42.9 Å². The SMILES string of the molecule is COc1ccc(OC2CCN(c3nc4c(cc3C)C(=O)N(Cc3ccncc3)C4=O)CC2)cn1. The standard InChI is InChI=1S/C25H25N5O4/c1-16-13-20-22(25(32)30(24(20)31)15-17-5-9-26-10-6-17)28-23(16)29-11-7-18(8-12-29)34-19-3-4-21(33-2)27-14-19/h3-6,9-10,13-14,18H,7-8,11-12,15H2,1-2H3. The first kappa shape index (κ1) is 21.8. The van der Waals surface area contributed by atoms with E-state index in [-0.39, 0.29) is 30.2 Å². The fourth-order valence-corrected chi connectivity index (χ4v) is 4.36. The summed E-state index contributed by atoms with van der Waals surface area (Å²) in [7, 11) is 1.58. The lowest BCUT2D eigenvalue weighted by Crippen LogP contribution is -2.39. The van der Waals surface area contributed by atoms with Gasteiger partial charge in [0.15, 0.2) is 0 Å². The number of fused-ring (bicyclic) bond motifs is 1. The van der Waals surface area contributed by atoms with E-state index >= 15 is 0 Å². The van der Waals surface area contributed by atoms with E-state index in [1.165, 1.54) is 4.90 Å². The Morgan fingerprint density at radius 1 is 1.06 bits per heavy atom. The molecule has 0 aliphatic carbocycles. The number of piperidine rings is 1. The van der Waals surface area contributed by atoms with Crippen molar-refractivity contribution in [3.63, 3.8) is 0 Å². The Hall–Kier alpha value is -4.01. The fourth-order valence-electron chi connectivity index (χ4n) is 4.36. The summed E-state index contributed by atoms with van der Waals surface area (Å²) in [6, 6.07) is 9.00. The molecule has 1 saturated heterocycles. The minimum absolute atomic E-state index is 0.0697. The molecule has 0 unspecified atom stereocenters. The molecule has 9 nitrogen and oxygen atoms in total. The maximum Gasteiger partial charge on any atom is 0.280 e. The summed E-state index contributed by atoms with van der Waals surface area (Å²) < 4.78 is 11.2. The molecule has 2 aliphatic heterocycles. The highest BCUT2D eigenvalue weighted by atomic mass is 16.5. The summed E-state index contributed by atoms with van der Waals surface area (Å²) in [5.41, 5.74) is 2.31. The number of aryl methyl sites for hydroxylation is 1. The first-order chi connectivity index (χ1) is 16.5. The van der Waals surface area contributed by atoms with Gasteiger partial charge in [0.05, 0.1) is 25.4 Å². The molecule has 0 spiro atoms. The van der Waals surface area contributed by atoms with Crippen LogP contribution in [0.25, 0.3) is 0 Å². The van der Waals surface area contributed by atoms with Gasteiger partial charge in [-0.3, -0.25) is 19.5 Å². The quantitative estimate of drug-likeness (QED) is 0.519. The lowest BCUT2D eigenvalue weighted by atomic mass is 10.1. The van der Waals surface area contributed by atoms with Gasteiger partial charge < -0.3 is 14.4 Å². The van der Waals surface area contributed by atoms with E-state index in [9.17, 15) is 9.59 Å². The molecule has 174 valence electrons. The van der Waals surface area contributed by atoms with Crippen LogP contribution in [0.3, 0.4) is 0 Å². The van der Waals surface area contributed by atoms with Gasteiger partial charge in [-0.1, -0.05) is 0 Å². The van der Waals surface area contributed by atoms with Crippen LogP contribution >= 0.6 is 0 Å². The minimum Gasteiger partial charge on any atom is -0.489 e. The zero-order chi connectivity index (χ0) is 23.7. The number of amides is 2. The van der Waals surface area contributed by atoms with Gasteiger partial charge in [0, 0.05) is 44.4 Å². The van der Waals surface area contributed by atoms with Crippen molar-refractivity contribution >= 4 is 17.6 Å². The zero-order valence-electron chi connectivity index (χ0n) is 19.1. The number of carbonyl (C=O) groups excluding carboxylic acids is 2. The third kappa shape index (κ3) is 4.16. The number of hydrogen-bond acceptors (Lipinski definition) is 8. The van der Waals surface area contributed by atoms with Crippen LogP contribution in [0.5, 0.6) is 11.6 Å². The molecule has 34 heavy (non-hydrogen) atoms. The summed E-state index contributed by atoms with van der Waals surface area (Å²) in [4.78, 5) is 42.2. The summed E-state index contributed by atoms with van der Waals surface area (Å²) in [5.74, 6) is 1.34. The summed E-state index contributed by atoms with van der Waals surface area (Å²) >= 11 is 0. The van der Waals surface area contributed by atoms with Crippen molar-refractivity contribution in [1.82, 2.24) is 19.9 Å². The highest BCUT2D eigenvalue weighted by molar-refractivity contribution is 6.20. The summed E-state index contributed by atoms with van der Waals surface area (Å²) in [6.45, 7) is 3.61. The molecular weight excluding hydrogens is 434 g/mol. The third-order valence-electron chi connectivity index (χ3n) is 6.16. The number of rotatable bonds is 6. The molecular formula is C25H25N5O4. The molecule has 0 atom stereocenters. The molecule has 5 heterocycles. The molecule has 1 fully saturated rings. The summed E-state index contributed by atoms with van der Waals surface area (Å²) in [5, 5.41) is 0. The molecule has 0 N–H and O–H groups in total. The molecule has 2 amide bonds. The molecule has 2 aliphatic rings. The monoisotopic (exact) mass is 459 g/mol. The van der Waals surface area contributed by atoms with Gasteiger partial charge in [0.2, 0.25) is 5.88 Å². The topological polar surface area (TPSA) is 97.8 Å². The van der Waals surface area contributed by atoms with Crippen molar-refractivity contribution in [3.05, 3.63) is 71.3 Å². The van der Waals surface area contributed by atoms with Gasteiger partial charge in [0.1, 0.15) is 23.4 Å². The lowest BCUT2D eigenvalue weighted by molar-refractivity contribution is 0.0640. The average molecular weight is 460 g/mol. The number of hydrogen-bond donors (Lipinski definition) is 0. The molecule has 0 bridgehead atoms. The van der Waals surface area contributed by atoms with Crippen molar-refractivity contribution in [2.24, 2.45) is 0 Å². The van der Waals surface area contributed by atoms with Crippen LogP contribution in [-0.4, -0.2) is 58.0 Å². The zero-order valence-corrected chi connectivity index (χ0v) is 19.1. The predicted molar refractivity (Wildman–Crippen MR) is 124 cm³/mol. The maximum atomic E-state index is 13.0. The van der Waals surface area contributed by atoms with Crippen molar-refractivity contribution in [2.45, 2.75) is 32.4 Å². The number of carbonyl (C=O) groups is 2. The predicted octanol–water partition coefficient (Wildman–Crippen LogP) is 3.03. The number of imide groups is 1. The fraction of sp³-hybridized carbons (Fsp3) is 0.320. The Morgan fingerprint density at radius 3 is 2.50 bits per heavy atom. The molecule has 5 rings (SSSR count). The van der Waals surface area contributed by atoms with Gasteiger partial charge in [0.25, 0.3) is 11.8 Å². The summed E-state index contributed by atoms with van der Waals surface area (Å²) in [6.07, 6.45) is 6.65. The Balaban J connectivity index is 1.27. The van der Waals surface area contributed by atoms with E-state index in [0.29, 0.717) is 17.2 Å². The Kier molecular flexibility index (Phi) is 5.83. The molecule has 0 saturated carbocycles. The van der Waals surface area contributed by atoms with Crippen LogP contribution in [0.4, 0.5) is 5.82 Å². The van der Waals surface area contributed by atoms with Crippen molar-refractivity contribution in [3.8, 4) is 11.6 Å². The number of ether oxygens (including phenoxy) is 2. The molecule has 9 heteroatoms. The van der Waals surface area contributed by atoms with Crippen LogP contribution in [0.15, 0.2) is 48.9 Å². The molecule has 3 aromatic heterocycles. The van der Waals surface area contributed by atoms with Gasteiger partial charge >= 0.3 is 0 Å². The molecule has 3 aromatic rings. The highest BCUT2D eigenvalue weighted by Gasteiger charge is 2.38. The van der Waals surface area contributed by atoms with Crippen LogP contribution in [-0.2, 0) is 6.54 Å². The number of methoxy groups -OCH3 is 1.